The lowest BCUT2D eigenvalue weighted by molar-refractivity contribution is -0.849. The maximum Gasteiger partial charge on any atom is 0.294 e. The summed E-state index contributed by atoms with van der Waals surface area (Å²) in [6.45, 7) is 0. The van der Waals surface area contributed by atoms with Crippen LogP contribution in [0.15, 0.2) is 29.2 Å². The van der Waals surface area contributed by atoms with Crippen LogP contribution in [0.25, 0.3) is 0 Å². The average Bonchev–Trinajstić information content (AvgIpc) is 2.14. The van der Waals surface area contributed by atoms with E-state index in [4.69, 9.17) is 4.55 Å². The second kappa shape index (κ2) is 5.94. The highest BCUT2D eigenvalue weighted by Gasteiger charge is 2.09. The van der Waals surface area contributed by atoms with Crippen molar-refractivity contribution >= 4 is 16.1 Å². The predicted molar refractivity (Wildman–Crippen MR) is 64.5 cm³/mol. The second-order valence-corrected chi connectivity index (χ2v) is 6.40. The monoisotopic (exact) mass is 275 g/mol. The third kappa shape index (κ3) is 7.77. The first-order chi connectivity index (χ1) is 7.91. The Kier molecular flexibility index (Phi) is 5.47. The second-order valence-electron chi connectivity index (χ2n) is 4.97. The van der Waals surface area contributed by atoms with Gasteiger partial charge in [0.2, 0.25) is 0 Å². The highest BCUT2D eigenvalue weighted by Crippen LogP contribution is 2.10. The van der Waals surface area contributed by atoms with Crippen LogP contribution in [0.1, 0.15) is 10.4 Å². The zero-order valence-corrected chi connectivity index (χ0v) is 11.6. The molecular weight excluding hydrogens is 258 g/mol. The normalized spacial score (nSPS) is 11.4. The van der Waals surface area contributed by atoms with Crippen molar-refractivity contribution in [1.82, 2.24) is 0 Å². The van der Waals surface area contributed by atoms with E-state index in [1.807, 2.05) is 0 Å². The van der Waals surface area contributed by atoms with E-state index in [2.05, 4.69) is 28.2 Å². The molecule has 0 aromatic heterocycles. The average molecular weight is 275 g/mol. The molecule has 0 heterocycles. The summed E-state index contributed by atoms with van der Waals surface area (Å²) in [7, 11) is 4.15. The topological polar surface area (TPSA) is 94.5 Å². The zero-order chi connectivity index (χ0) is 14.6. The lowest BCUT2D eigenvalue weighted by atomic mass is 10.2. The Morgan fingerprint density at radius 3 is 2.00 bits per heavy atom. The highest BCUT2D eigenvalue weighted by molar-refractivity contribution is 7.85. The van der Waals surface area contributed by atoms with Gasteiger partial charge in [-0.15, -0.1) is 0 Å². The van der Waals surface area contributed by atoms with Crippen LogP contribution in [-0.4, -0.2) is 51.6 Å². The molecule has 0 aliphatic carbocycles. The van der Waals surface area contributed by atoms with Gasteiger partial charge in [0.15, 0.2) is 0 Å². The van der Waals surface area contributed by atoms with Crippen molar-refractivity contribution in [1.29, 1.82) is 0 Å². The van der Waals surface area contributed by atoms with Crippen LogP contribution in [0.2, 0.25) is 0 Å². The first-order valence-electron chi connectivity index (χ1n) is 4.99. The Bertz CT molecular complexity index is 510. The molecule has 18 heavy (non-hydrogen) atoms. The number of rotatable bonds is 2. The minimum atomic E-state index is -4.35. The lowest BCUT2D eigenvalue weighted by Crippen LogP contribution is -2.27. The first kappa shape index (κ1) is 16.6. The molecule has 0 atom stereocenters. The molecule has 1 N–H and O–H groups in total. The summed E-state index contributed by atoms with van der Waals surface area (Å²) in [5.41, 5.74) is -0.296. The Morgan fingerprint density at radius 2 is 1.67 bits per heavy atom. The fourth-order valence-corrected chi connectivity index (χ4v) is 1.31. The van der Waals surface area contributed by atoms with Crippen LogP contribution in [-0.2, 0) is 10.1 Å². The molecule has 0 saturated carbocycles. The van der Waals surface area contributed by atoms with Gasteiger partial charge in [0.05, 0.1) is 39.1 Å². The number of benzene rings is 1. The van der Waals surface area contributed by atoms with Crippen molar-refractivity contribution in [2.45, 2.75) is 4.90 Å². The molecule has 0 fully saturated rings. The number of aromatic carboxylic acids is 1. The van der Waals surface area contributed by atoms with Gasteiger partial charge in [-0.3, -0.25) is 4.55 Å². The van der Waals surface area contributed by atoms with E-state index in [1.54, 1.807) is 0 Å². The van der Waals surface area contributed by atoms with Crippen LogP contribution in [0.3, 0.4) is 0 Å². The number of carbonyl (C=O) groups excluding carboxylic acids is 1. The Morgan fingerprint density at radius 1 is 1.22 bits per heavy atom. The van der Waals surface area contributed by atoms with Gasteiger partial charge in [-0.05, 0) is 17.7 Å². The number of quaternary nitrogens is 1. The van der Waals surface area contributed by atoms with Gasteiger partial charge in [-0.2, -0.15) is 8.42 Å². The largest absolute Gasteiger partial charge is 0.545 e. The van der Waals surface area contributed by atoms with Crippen molar-refractivity contribution in [3.05, 3.63) is 29.8 Å². The highest BCUT2D eigenvalue weighted by atomic mass is 32.2. The first-order valence-corrected chi connectivity index (χ1v) is 6.43. The maximum atomic E-state index is 10.5. The van der Waals surface area contributed by atoms with Gasteiger partial charge < -0.3 is 14.4 Å². The summed E-state index contributed by atoms with van der Waals surface area (Å²) in [6.07, 6.45) is 0. The van der Waals surface area contributed by atoms with Crippen LogP contribution in [0, 0.1) is 0 Å². The molecule has 7 heteroatoms. The molecule has 0 spiro atoms. The number of hydrogen-bond donors (Lipinski definition) is 1. The van der Waals surface area contributed by atoms with Gasteiger partial charge in [0, 0.05) is 0 Å². The van der Waals surface area contributed by atoms with Crippen LogP contribution in [0.5, 0.6) is 0 Å². The summed E-state index contributed by atoms with van der Waals surface area (Å²) in [6, 6.07) is 4.28. The predicted octanol–water partition coefficient (Wildman–Crippen LogP) is -0.381. The molecule has 0 radical (unpaired) electrons. The Balaban J connectivity index is 0.000000494. The molecular formula is C11H17NO5S. The molecule has 0 saturated heterocycles. The van der Waals surface area contributed by atoms with E-state index in [0.717, 1.165) is 16.6 Å². The van der Waals surface area contributed by atoms with Gasteiger partial charge in [0.25, 0.3) is 10.1 Å². The molecule has 1 aromatic rings. The fraction of sp³-hybridized carbons (Fsp3) is 0.364. The standard InChI is InChI=1S/C7H6O5S.C4H12N/c8-7(9)5-2-1-3-6(4-5)13(10,11)12;1-5(2,3)4/h1-4H,(H,8,9)(H,10,11,12);1-4H3/q;+1/p-1. The van der Waals surface area contributed by atoms with Gasteiger partial charge in [-0.1, -0.05) is 12.1 Å². The van der Waals surface area contributed by atoms with Gasteiger partial charge in [0.1, 0.15) is 0 Å². The minimum absolute atomic E-state index is 0.296. The van der Waals surface area contributed by atoms with Crippen LogP contribution >= 0.6 is 0 Å². The summed E-state index contributed by atoms with van der Waals surface area (Å²) < 4.78 is 30.7. The molecule has 0 aliphatic rings. The van der Waals surface area contributed by atoms with E-state index in [9.17, 15) is 18.3 Å². The summed E-state index contributed by atoms with van der Waals surface area (Å²) in [5, 5.41) is 10.3. The molecule has 1 aromatic carbocycles. The van der Waals surface area contributed by atoms with Crippen molar-refractivity contribution in [2.75, 3.05) is 28.2 Å². The number of hydrogen-bond acceptors (Lipinski definition) is 4. The smallest absolute Gasteiger partial charge is 0.294 e. The number of carboxylic acid groups (broad SMARTS) is 1. The lowest BCUT2D eigenvalue weighted by Gasteiger charge is -2.14. The van der Waals surface area contributed by atoms with Crippen molar-refractivity contribution in [2.24, 2.45) is 0 Å². The third-order valence-corrected chi connectivity index (χ3v) is 2.22. The van der Waals surface area contributed by atoms with E-state index < -0.39 is 21.0 Å². The zero-order valence-electron chi connectivity index (χ0n) is 10.7. The molecule has 6 nitrogen and oxygen atoms in total. The molecule has 0 amide bonds. The van der Waals surface area contributed by atoms with Crippen molar-refractivity contribution < 1.29 is 27.4 Å². The molecule has 0 bridgehead atoms. The van der Waals surface area contributed by atoms with E-state index in [1.165, 1.54) is 12.1 Å². The molecule has 102 valence electrons. The minimum Gasteiger partial charge on any atom is -0.545 e. The third-order valence-electron chi connectivity index (χ3n) is 1.37. The summed E-state index contributed by atoms with van der Waals surface area (Å²) in [4.78, 5) is 9.83. The fourth-order valence-electron chi connectivity index (χ4n) is 0.784. The van der Waals surface area contributed by atoms with E-state index >= 15 is 0 Å². The Labute approximate surface area is 107 Å². The van der Waals surface area contributed by atoms with Crippen molar-refractivity contribution in [3.63, 3.8) is 0 Å². The van der Waals surface area contributed by atoms with Crippen LogP contribution < -0.4 is 5.11 Å². The number of carboxylic acids is 1. The van der Waals surface area contributed by atoms with Crippen molar-refractivity contribution in [3.8, 4) is 0 Å². The van der Waals surface area contributed by atoms with Gasteiger partial charge >= 0.3 is 0 Å². The molecule has 0 unspecified atom stereocenters. The van der Waals surface area contributed by atoms with E-state index in [0.29, 0.717) is 0 Å². The van der Waals surface area contributed by atoms with Crippen LogP contribution in [0.4, 0.5) is 0 Å². The molecule has 0 aliphatic heterocycles. The number of nitrogens with zero attached hydrogens (tertiary/aromatic N) is 1. The molecule has 1 rings (SSSR count). The summed E-state index contributed by atoms with van der Waals surface area (Å²) in [5.74, 6) is -1.49. The van der Waals surface area contributed by atoms with Gasteiger partial charge in [-0.25, -0.2) is 0 Å². The maximum absolute atomic E-state index is 10.5. The quantitative estimate of drug-likeness (QED) is 0.586. The number of carbonyl (C=O) groups is 1. The van der Waals surface area contributed by atoms with E-state index in [-0.39, 0.29) is 5.56 Å². The Hall–Kier alpha value is -1.44. The SMILES string of the molecule is C[N+](C)(C)C.O=C([O-])c1cccc(S(=O)(=O)O)c1. The summed E-state index contributed by atoms with van der Waals surface area (Å²) >= 11 is 0.